The third-order valence-electron chi connectivity index (χ3n) is 3.93. The third-order valence-corrected chi connectivity index (χ3v) is 4.82. The van der Waals surface area contributed by atoms with Gasteiger partial charge >= 0.3 is 0 Å². The van der Waals surface area contributed by atoms with E-state index in [0.29, 0.717) is 6.54 Å². The van der Waals surface area contributed by atoms with Gasteiger partial charge in [0.15, 0.2) is 0 Å². The van der Waals surface area contributed by atoms with Gasteiger partial charge in [-0.25, -0.2) is 9.67 Å². The van der Waals surface area contributed by atoms with Gasteiger partial charge in [-0.1, -0.05) is 0 Å². The van der Waals surface area contributed by atoms with Crippen LogP contribution in [-0.2, 0) is 13.1 Å². The quantitative estimate of drug-likeness (QED) is 0.817. The van der Waals surface area contributed by atoms with Crippen LogP contribution < -0.4 is 5.56 Å². The van der Waals surface area contributed by atoms with Gasteiger partial charge < -0.3 is 0 Å². The van der Waals surface area contributed by atoms with Crippen molar-refractivity contribution in [3.05, 3.63) is 44.8 Å². The molecule has 1 aliphatic rings. The Labute approximate surface area is 134 Å². The second-order valence-electron chi connectivity index (χ2n) is 5.55. The molecule has 0 atom stereocenters. The monoisotopic (exact) mass is 319 g/mol. The molecule has 0 aromatic carbocycles. The predicted molar refractivity (Wildman–Crippen MR) is 87.1 cm³/mol. The molecular weight excluding hydrogens is 298 g/mol. The van der Waals surface area contributed by atoms with Crippen LogP contribution in [0.2, 0.25) is 0 Å². The average molecular weight is 319 g/mol. The van der Waals surface area contributed by atoms with Crippen molar-refractivity contribution in [3.8, 4) is 0 Å². The number of aryl methyl sites for hydroxylation is 1. The number of piperazine rings is 1. The Bertz CT molecular complexity index is 660. The Morgan fingerprint density at radius 3 is 2.64 bits per heavy atom. The molecule has 1 fully saturated rings. The molecule has 0 spiro atoms. The maximum Gasteiger partial charge on any atom is 0.266 e. The van der Waals surface area contributed by atoms with Crippen LogP contribution >= 0.6 is 11.3 Å². The lowest BCUT2D eigenvalue weighted by atomic mass is 10.3. The highest BCUT2D eigenvalue weighted by Gasteiger charge is 2.17. The van der Waals surface area contributed by atoms with Crippen LogP contribution in [0.15, 0.2) is 29.3 Å². The summed E-state index contributed by atoms with van der Waals surface area (Å²) in [4.78, 5) is 22.1. The molecule has 0 aliphatic carbocycles. The second kappa shape index (κ2) is 7.13. The van der Waals surface area contributed by atoms with Gasteiger partial charge in [-0.15, -0.1) is 11.3 Å². The van der Waals surface area contributed by atoms with Crippen molar-refractivity contribution in [1.29, 1.82) is 0 Å². The third kappa shape index (κ3) is 4.00. The number of hydrogen-bond donors (Lipinski definition) is 0. The number of hydrogen-bond acceptors (Lipinski definition) is 6. The Balaban J connectivity index is 1.44. The van der Waals surface area contributed by atoms with Crippen molar-refractivity contribution in [2.45, 2.75) is 20.0 Å². The van der Waals surface area contributed by atoms with Crippen molar-refractivity contribution in [2.75, 3.05) is 32.7 Å². The zero-order valence-electron chi connectivity index (χ0n) is 12.8. The average Bonchev–Trinajstić information content (AvgIpc) is 2.93. The predicted octanol–water partition coefficient (Wildman–Crippen LogP) is 0.826. The van der Waals surface area contributed by atoms with Crippen LogP contribution in [-0.4, -0.2) is 57.3 Å². The van der Waals surface area contributed by atoms with Crippen molar-refractivity contribution in [3.63, 3.8) is 0 Å². The number of nitrogens with zero attached hydrogens (tertiary/aromatic N) is 5. The molecule has 118 valence electrons. The minimum absolute atomic E-state index is 0.0262. The van der Waals surface area contributed by atoms with Crippen LogP contribution in [0.4, 0.5) is 0 Å². The summed E-state index contributed by atoms with van der Waals surface area (Å²) in [5, 5.41) is 5.23. The van der Waals surface area contributed by atoms with Gasteiger partial charge in [0.25, 0.3) is 5.56 Å². The molecule has 7 heteroatoms. The Hall–Kier alpha value is -1.57. The lowest BCUT2D eigenvalue weighted by Gasteiger charge is -2.34. The van der Waals surface area contributed by atoms with E-state index in [1.54, 1.807) is 29.7 Å². The van der Waals surface area contributed by atoms with Crippen LogP contribution in [0, 0.1) is 6.92 Å². The summed E-state index contributed by atoms with van der Waals surface area (Å²) in [6.07, 6.45) is 3.65. The molecule has 0 radical (unpaired) electrons. The first-order valence-corrected chi connectivity index (χ1v) is 8.40. The first-order chi connectivity index (χ1) is 10.7. The minimum atomic E-state index is -0.0262. The van der Waals surface area contributed by atoms with Gasteiger partial charge in [0.2, 0.25) is 0 Å². The van der Waals surface area contributed by atoms with Crippen molar-refractivity contribution >= 4 is 11.3 Å². The largest absolute Gasteiger partial charge is 0.299 e. The van der Waals surface area contributed by atoms with E-state index < -0.39 is 0 Å². The fraction of sp³-hybridized carbons (Fsp3) is 0.533. The molecule has 0 saturated carbocycles. The zero-order valence-corrected chi connectivity index (χ0v) is 13.6. The van der Waals surface area contributed by atoms with Gasteiger partial charge in [0.05, 0.1) is 11.6 Å². The summed E-state index contributed by atoms with van der Waals surface area (Å²) in [5.74, 6) is 0. The van der Waals surface area contributed by atoms with E-state index in [1.165, 1.54) is 9.56 Å². The lowest BCUT2D eigenvalue weighted by Crippen LogP contribution is -2.47. The van der Waals surface area contributed by atoms with E-state index in [1.807, 2.05) is 13.1 Å². The summed E-state index contributed by atoms with van der Waals surface area (Å²) in [5.41, 5.74) is -0.0262. The highest BCUT2D eigenvalue weighted by molar-refractivity contribution is 7.11. The summed E-state index contributed by atoms with van der Waals surface area (Å²) >= 11 is 1.78. The van der Waals surface area contributed by atoms with Crippen molar-refractivity contribution in [1.82, 2.24) is 24.6 Å². The smallest absolute Gasteiger partial charge is 0.266 e. The highest BCUT2D eigenvalue weighted by atomic mass is 32.1. The van der Waals surface area contributed by atoms with E-state index in [2.05, 4.69) is 19.9 Å². The van der Waals surface area contributed by atoms with Gasteiger partial charge in [-0.3, -0.25) is 14.6 Å². The fourth-order valence-electron chi connectivity index (χ4n) is 2.66. The number of aromatic nitrogens is 3. The molecule has 3 rings (SSSR count). The van der Waals surface area contributed by atoms with E-state index in [9.17, 15) is 4.79 Å². The maximum atomic E-state index is 11.6. The molecule has 0 N–H and O–H groups in total. The molecular formula is C15H21N5OS. The molecule has 6 nitrogen and oxygen atoms in total. The van der Waals surface area contributed by atoms with Crippen LogP contribution in [0.1, 0.15) is 9.88 Å². The molecule has 2 aromatic heterocycles. The van der Waals surface area contributed by atoms with E-state index in [4.69, 9.17) is 0 Å². The Morgan fingerprint density at radius 1 is 1.18 bits per heavy atom. The molecule has 3 heterocycles. The minimum Gasteiger partial charge on any atom is -0.299 e. The van der Waals surface area contributed by atoms with Gasteiger partial charge in [-0.05, 0) is 13.0 Å². The van der Waals surface area contributed by atoms with Crippen molar-refractivity contribution < 1.29 is 0 Å². The first kappa shape index (κ1) is 15.3. The first-order valence-electron chi connectivity index (χ1n) is 7.59. The molecule has 0 bridgehead atoms. The summed E-state index contributed by atoms with van der Waals surface area (Å²) < 4.78 is 1.53. The molecule has 0 unspecified atom stereocenters. The second-order valence-corrected chi connectivity index (χ2v) is 6.87. The van der Waals surface area contributed by atoms with Gasteiger partial charge in [-0.2, -0.15) is 5.10 Å². The molecule has 2 aromatic rings. The number of rotatable bonds is 5. The topological polar surface area (TPSA) is 54.3 Å². The lowest BCUT2D eigenvalue weighted by molar-refractivity contribution is 0.123. The molecule has 1 aliphatic heterocycles. The molecule has 0 amide bonds. The SMILES string of the molecule is Cc1ncc(CN2CCN(CCn3ncccc3=O)CC2)s1. The number of thiazole rings is 1. The van der Waals surface area contributed by atoms with E-state index >= 15 is 0 Å². The van der Waals surface area contributed by atoms with Gasteiger partial charge in [0.1, 0.15) is 0 Å². The maximum absolute atomic E-state index is 11.6. The van der Waals surface area contributed by atoms with Gasteiger partial charge in [0, 0.05) is 62.6 Å². The van der Waals surface area contributed by atoms with Crippen LogP contribution in [0.3, 0.4) is 0 Å². The zero-order chi connectivity index (χ0) is 15.4. The highest BCUT2D eigenvalue weighted by Crippen LogP contribution is 2.15. The Kier molecular flexibility index (Phi) is 4.97. The molecule has 1 saturated heterocycles. The van der Waals surface area contributed by atoms with E-state index in [0.717, 1.165) is 44.3 Å². The fourth-order valence-corrected chi connectivity index (χ4v) is 3.50. The normalized spacial score (nSPS) is 17.0. The summed E-state index contributed by atoms with van der Waals surface area (Å²) in [6, 6.07) is 3.24. The Morgan fingerprint density at radius 2 is 1.95 bits per heavy atom. The standard InChI is InChI=1S/C15H21N5OS/c1-13-16-11-14(22-13)12-19-7-5-18(6-8-19)9-10-20-15(21)3-2-4-17-20/h2-4,11H,5-10,12H2,1H3. The summed E-state index contributed by atoms with van der Waals surface area (Å²) in [7, 11) is 0. The van der Waals surface area contributed by atoms with Crippen LogP contribution in [0.25, 0.3) is 0 Å². The van der Waals surface area contributed by atoms with Crippen LogP contribution in [0.5, 0.6) is 0 Å². The van der Waals surface area contributed by atoms with E-state index in [-0.39, 0.29) is 5.56 Å². The van der Waals surface area contributed by atoms with Crippen molar-refractivity contribution in [2.24, 2.45) is 0 Å². The molecule has 22 heavy (non-hydrogen) atoms. The summed E-state index contributed by atoms with van der Waals surface area (Å²) in [6.45, 7) is 8.80.